The Morgan fingerprint density at radius 2 is 1.08 bits per heavy atom. The highest BCUT2D eigenvalue weighted by atomic mass is 32.1. The van der Waals surface area contributed by atoms with Crippen molar-refractivity contribution in [2.75, 3.05) is 9.80 Å². The van der Waals surface area contributed by atoms with E-state index in [1.165, 1.54) is 93.0 Å². The first-order valence-corrected chi connectivity index (χ1v) is 25.2. The van der Waals surface area contributed by atoms with Crippen LogP contribution in [0.3, 0.4) is 0 Å². The first-order chi connectivity index (χ1) is 30.6. The van der Waals surface area contributed by atoms with E-state index in [2.05, 4.69) is 231 Å². The van der Waals surface area contributed by atoms with E-state index in [9.17, 15) is 0 Å². The summed E-state index contributed by atoms with van der Waals surface area (Å²) in [6, 6.07) is 40.9. The Hall–Kier alpha value is -5.13. The molecule has 0 spiro atoms. The van der Waals surface area contributed by atoms with Gasteiger partial charge < -0.3 is 4.90 Å². The number of anilines is 6. The van der Waals surface area contributed by atoms with Crippen molar-refractivity contribution in [1.82, 2.24) is 4.98 Å². The number of fused-ring (bicyclic) bond motifs is 7. The van der Waals surface area contributed by atoms with E-state index in [-0.39, 0.29) is 39.2 Å². The molecule has 0 atom stereocenters. The standard InChI is InChI=1S/C61H70BN3S/c1-36-30-50-52-55(63-36)64(42-26-22-39(23-27-42)57(5,6)7)53-44-32-41(59(11,12)13)25-29-51(44)66-54(53)62(52)47-33-45-46(61(16,17)35-60(45,14)15)34-49(47)65(50)48-28-24-40(58(8,9)10)31-43(48)37-18-20-38(21-19-37)56(2,3)4/h18-34H,35H2,1-17H3. The van der Waals surface area contributed by atoms with E-state index >= 15 is 0 Å². The molecular formula is C61H70BN3S. The van der Waals surface area contributed by atoms with Crippen LogP contribution in [-0.2, 0) is 32.5 Å². The fourth-order valence-electron chi connectivity index (χ4n) is 11.6. The zero-order valence-corrected chi connectivity index (χ0v) is 43.7. The van der Waals surface area contributed by atoms with Gasteiger partial charge in [-0.2, -0.15) is 0 Å². The van der Waals surface area contributed by atoms with Crippen molar-refractivity contribution in [3.8, 4) is 11.1 Å². The van der Waals surface area contributed by atoms with Crippen LogP contribution in [0.5, 0.6) is 0 Å². The highest BCUT2D eigenvalue weighted by Crippen LogP contribution is 2.54. The number of hydrogen-bond acceptors (Lipinski definition) is 4. The second kappa shape index (κ2) is 14.4. The molecule has 0 amide bonds. The Kier molecular flexibility index (Phi) is 9.78. The summed E-state index contributed by atoms with van der Waals surface area (Å²) >= 11 is 1.98. The van der Waals surface area contributed by atoms with Crippen LogP contribution < -0.4 is 25.5 Å². The predicted molar refractivity (Wildman–Crippen MR) is 289 cm³/mol. The van der Waals surface area contributed by atoms with E-state index in [0.717, 1.165) is 23.6 Å². The zero-order valence-electron chi connectivity index (χ0n) is 42.8. The fraction of sp³-hybridized carbons (Fsp3) is 0.393. The van der Waals surface area contributed by atoms with E-state index < -0.39 is 0 Å². The molecule has 1 aliphatic carbocycles. The van der Waals surface area contributed by atoms with Gasteiger partial charge in [0.25, 0.3) is 6.71 Å². The third-order valence-corrected chi connectivity index (χ3v) is 16.4. The van der Waals surface area contributed by atoms with Crippen molar-refractivity contribution in [2.45, 2.75) is 157 Å². The summed E-state index contributed by atoms with van der Waals surface area (Å²) in [5.74, 6) is 1.03. The molecule has 0 unspecified atom stereocenters. The molecule has 4 heterocycles. The fourth-order valence-corrected chi connectivity index (χ4v) is 12.9. The molecule has 0 bridgehead atoms. The van der Waals surface area contributed by atoms with Crippen LogP contribution in [0.15, 0.2) is 103 Å². The number of aryl methyl sites for hydroxylation is 1. The number of pyridine rings is 1. The molecule has 0 saturated heterocycles. The maximum Gasteiger partial charge on any atom is 0.266 e. The predicted octanol–water partition coefficient (Wildman–Crippen LogP) is 15.5. The Balaban J connectivity index is 1.33. The lowest BCUT2D eigenvalue weighted by atomic mass is 9.36. The molecule has 66 heavy (non-hydrogen) atoms. The van der Waals surface area contributed by atoms with Crippen LogP contribution in [0.4, 0.5) is 34.3 Å². The van der Waals surface area contributed by atoms with Gasteiger partial charge in [-0.1, -0.05) is 165 Å². The maximum absolute atomic E-state index is 5.68. The summed E-state index contributed by atoms with van der Waals surface area (Å²) in [6.45, 7) is 39.9. The average molecular weight is 888 g/mol. The molecule has 2 aliphatic heterocycles. The second-order valence-corrected chi connectivity index (χ2v) is 26.5. The van der Waals surface area contributed by atoms with Gasteiger partial charge in [0, 0.05) is 43.2 Å². The second-order valence-electron chi connectivity index (χ2n) is 25.4. The number of benzene rings is 5. The van der Waals surface area contributed by atoms with Gasteiger partial charge in [0.15, 0.2) is 0 Å². The molecule has 0 N–H and O–H groups in total. The zero-order chi connectivity index (χ0) is 47.4. The smallest absolute Gasteiger partial charge is 0.266 e. The summed E-state index contributed by atoms with van der Waals surface area (Å²) in [5, 5.41) is 1.31. The molecule has 0 saturated carbocycles. The third-order valence-electron chi connectivity index (χ3n) is 15.1. The number of aromatic nitrogens is 1. The van der Waals surface area contributed by atoms with Gasteiger partial charge in [-0.15, -0.1) is 11.3 Å². The van der Waals surface area contributed by atoms with Crippen LogP contribution >= 0.6 is 11.3 Å². The maximum atomic E-state index is 5.68. The van der Waals surface area contributed by atoms with Crippen LogP contribution in [0, 0.1) is 6.92 Å². The first kappa shape index (κ1) is 44.7. The van der Waals surface area contributed by atoms with Crippen LogP contribution in [0.25, 0.3) is 21.2 Å². The van der Waals surface area contributed by atoms with Crippen molar-refractivity contribution in [2.24, 2.45) is 0 Å². The molecule has 2 aromatic heterocycles. The van der Waals surface area contributed by atoms with Gasteiger partial charge in [0.05, 0.1) is 11.4 Å². The van der Waals surface area contributed by atoms with Gasteiger partial charge in [0.2, 0.25) is 0 Å². The van der Waals surface area contributed by atoms with Crippen LogP contribution in [-0.4, -0.2) is 11.7 Å². The molecular weight excluding hydrogens is 818 g/mol. The van der Waals surface area contributed by atoms with Gasteiger partial charge in [-0.05, 0) is 144 Å². The van der Waals surface area contributed by atoms with Crippen molar-refractivity contribution in [3.05, 3.63) is 142 Å². The Labute approximate surface area is 400 Å². The normalized spacial score (nSPS) is 16.3. The molecule has 338 valence electrons. The van der Waals surface area contributed by atoms with Gasteiger partial charge in [-0.25, -0.2) is 4.98 Å². The lowest BCUT2D eigenvalue weighted by molar-refractivity contribution is 0.403. The van der Waals surface area contributed by atoms with Crippen molar-refractivity contribution in [1.29, 1.82) is 0 Å². The number of thiophene rings is 1. The molecule has 10 rings (SSSR count). The number of nitrogens with zero attached hydrogens (tertiary/aromatic N) is 3. The summed E-state index contributed by atoms with van der Waals surface area (Å²) in [7, 11) is 0. The molecule has 0 fully saturated rings. The summed E-state index contributed by atoms with van der Waals surface area (Å²) in [4.78, 5) is 10.9. The molecule has 3 aliphatic rings. The highest BCUT2D eigenvalue weighted by Gasteiger charge is 2.50. The topological polar surface area (TPSA) is 19.4 Å². The quantitative estimate of drug-likeness (QED) is 0.165. The SMILES string of the molecule is Cc1cc2c3c(n1)N(c1ccc(C(C)(C)C)cc1)c1c(sc4ccc(C(C)(C)C)cc14)B3c1cc3c(cc1N2c1ccc(C(C)(C)C)cc1-c1ccc(C(C)(C)C)cc1)C(C)(C)CC3(C)C. The lowest BCUT2D eigenvalue weighted by Crippen LogP contribution is -2.61. The molecule has 3 nitrogen and oxygen atoms in total. The highest BCUT2D eigenvalue weighted by molar-refractivity contribution is 7.33. The van der Waals surface area contributed by atoms with Crippen molar-refractivity contribution >= 4 is 78.1 Å². The van der Waals surface area contributed by atoms with Gasteiger partial charge in [0.1, 0.15) is 5.82 Å². The minimum absolute atomic E-state index is 0.000962. The third kappa shape index (κ3) is 7.08. The van der Waals surface area contributed by atoms with E-state index in [0.29, 0.717) is 0 Å². The first-order valence-electron chi connectivity index (χ1n) is 24.4. The van der Waals surface area contributed by atoms with Crippen molar-refractivity contribution in [3.63, 3.8) is 0 Å². The van der Waals surface area contributed by atoms with Crippen LogP contribution in [0.2, 0.25) is 0 Å². The molecule has 0 radical (unpaired) electrons. The Morgan fingerprint density at radius 1 is 0.545 bits per heavy atom. The monoisotopic (exact) mass is 888 g/mol. The molecule has 5 heteroatoms. The van der Waals surface area contributed by atoms with Gasteiger partial charge >= 0.3 is 0 Å². The van der Waals surface area contributed by atoms with Crippen LogP contribution in [0.1, 0.15) is 156 Å². The average Bonchev–Trinajstić information content (AvgIpc) is 3.68. The van der Waals surface area contributed by atoms with E-state index in [1.54, 1.807) is 0 Å². The molecule has 7 aromatic rings. The van der Waals surface area contributed by atoms with Crippen molar-refractivity contribution < 1.29 is 0 Å². The Bertz CT molecular complexity index is 3100. The summed E-state index contributed by atoms with van der Waals surface area (Å²) < 4.78 is 2.72. The van der Waals surface area contributed by atoms with Gasteiger partial charge in [-0.3, -0.25) is 4.90 Å². The summed E-state index contributed by atoms with van der Waals surface area (Å²) in [5.41, 5.74) is 20.7. The summed E-state index contributed by atoms with van der Waals surface area (Å²) in [6.07, 6.45) is 1.11. The minimum Gasteiger partial charge on any atom is -0.311 e. The minimum atomic E-state index is -0.0279. The Morgan fingerprint density at radius 3 is 1.67 bits per heavy atom. The lowest BCUT2D eigenvalue weighted by Gasteiger charge is -2.44. The number of hydrogen-bond donors (Lipinski definition) is 0. The number of rotatable bonds is 3. The molecule has 5 aromatic carbocycles. The largest absolute Gasteiger partial charge is 0.311 e. The van der Waals surface area contributed by atoms with E-state index in [1.807, 2.05) is 11.3 Å². The van der Waals surface area contributed by atoms with E-state index in [4.69, 9.17) is 4.98 Å².